The van der Waals surface area contributed by atoms with Gasteiger partial charge in [-0.05, 0) is 30.7 Å². The van der Waals surface area contributed by atoms with Gasteiger partial charge < -0.3 is 15.2 Å². The zero-order chi connectivity index (χ0) is 12.0. The van der Waals surface area contributed by atoms with Gasteiger partial charge in [-0.15, -0.1) is 0 Å². The molecule has 1 aromatic rings. The molecule has 0 heterocycles. The zero-order valence-electron chi connectivity index (χ0n) is 9.36. The minimum atomic E-state index is -0.946. The van der Waals surface area contributed by atoms with Crippen molar-refractivity contribution in [2.24, 2.45) is 0 Å². The fraction of sp³-hybridized carbons (Fsp3) is 0.250. The van der Waals surface area contributed by atoms with Gasteiger partial charge >= 0.3 is 5.97 Å². The largest absolute Gasteiger partial charge is 0.497 e. The number of methoxy groups -OCH3 is 1. The van der Waals surface area contributed by atoms with Crippen LogP contribution in [0.4, 0.5) is 5.69 Å². The van der Waals surface area contributed by atoms with Gasteiger partial charge in [-0.1, -0.05) is 6.92 Å². The second-order valence-electron chi connectivity index (χ2n) is 3.21. The Hall–Kier alpha value is -1.97. The van der Waals surface area contributed by atoms with E-state index in [1.165, 1.54) is 6.08 Å². The van der Waals surface area contributed by atoms with E-state index in [0.29, 0.717) is 12.1 Å². The predicted octanol–water partition coefficient (Wildman–Crippen LogP) is 2.49. The van der Waals surface area contributed by atoms with Crippen molar-refractivity contribution in [1.29, 1.82) is 0 Å². The Balaban J connectivity index is 2.74. The fourth-order valence-corrected chi connectivity index (χ4v) is 1.24. The normalized spacial score (nSPS) is 11.0. The van der Waals surface area contributed by atoms with Crippen LogP contribution >= 0.6 is 0 Å². The Morgan fingerprint density at radius 2 is 2.06 bits per heavy atom. The molecule has 0 unspecified atom stereocenters. The van der Waals surface area contributed by atoms with Gasteiger partial charge in [0, 0.05) is 17.5 Å². The summed E-state index contributed by atoms with van der Waals surface area (Å²) in [5.74, 6) is -0.177. The van der Waals surface area contributed by atoms with Crippen LogP contribution in [-0.4, -0.2) is 18.2 Å². The van der Waals surface area contributed by atoms with Crippen LogP contribution in [0.5, 0.6) is 5.75 Å². The van der Waals surface area contributed by atoms with E-state index in [1.54, 1.807) is 7.11 Å². The van der Waals surface area contributed by atoms with E-state index in [0.717, 1.165) is 11.4 Å². The number of carboxylic acid groups (broad SMARTS) is 1. The molecule has 1 aromatic carbocycles. The Labute approximate surface area is 94.6 Å². The van der Waals surface area contributed by atoms with Crippen LogP contribution in [-0.2, 0) is 4.79 Å². The average Bonchev–Trinajstić information content (AvgIpc) is 2.28. The molecule has 4 nitrogen and oxygen atoms in total. The summed E-state index contributed by atoms with van der Waals surface area (Å²) in [6.07, 6.45) is 1.81. The number of benzene rings is 1. The van der Waals surface area contributed by atoms with Crippen LogP contribution < -0.4 is 10.1 Å². The molecule has 0 aliphatic rings. The van der Waals surface area contributed by atoms with Crippen LogP contribution in [0.15, 0.2) is 36.0 Å². The third-order valence-corrected chi connectivity index (χ3v) is 2.07. The van der Waals surface area contributed by atoms with Crippen LogP contribution in [0.1, 0.15) is 13.3 Å². The molecule has 0 saturated heterocycles. The number of nitrogens with one attached hydrogen (secondary N) is 1. The maximum atomic E-state index is 10.5. The molecule has 0 aromatic heterocycles. The van der Waals surface area contributed by atoms with E-state index in [2.05, 4.69) is 5.32 Å². The number of carboxylic acids is 1. The van der Waals surface area contributed by atoms with Crippen molar-refractivity contribution < 1.29 is 14.6 Å². The summed E-state index contributed by atoms with van der Waals surface area (Å²) in [7, 11) is 1.60. The van der Waals surface area contributed by atoms with Gasteiger partial charge in [-0.25, -0.2) is 4.79 Å². The van der Waals surface area contributed by atoms with Gasteiger partial charge in [-0.2, -0.15) is 0 Å². The molecule has 0 atom stereocenters. The van der Waals surface area contributed by atoms with Gasteiger partial charge in [0.05, 0.1) is 7.11 Å². The van der Waals surface area contributed by atoms with Crippen molar-refractivity contribution in [3.8, 4) is 5.75 Å². The highest BCUT2D eigenvalue weighted by Crippen LogP contribution is 2.17. The topological polar surface area (TPSA) is 58.6 Å². The van der Waals surface area contributed by atoms with E-state index >= 15 is 0 Å². The summed E-state index contributed by atoms with van der Waals surface area (Å²) in [5.41, 5.74) is 1.51. The van der Waals surface area contributed by atoms with Crippen molar-refractivity contribution >= 4 is 11.7 Å². The van der Waals surface area contributed by atoms with Crippen molar-refractivity contribution in [3.05, 3.63) is 36.0 Å². The Morgan fingerprint density at radius 3 is 2.50 bits per heavy atom. The molecule has 0 bridgehead atoms. The molecule has 86 valence electrons. The highest BCUT2D eigenvalue weighted by molar-refractivity contribution is 5.81. The number of hydrogen-bond acceptors (Lipinski definition) is 3. The van der Waals surface area contributed by atoms with E-state index in [9.17, 15) is 4.79 Å². The van der Waals surface area contributed by atoms with Crippen molar-refractivity contribution in [2.75, 3.05) is 12.4 Å². The van der Waals surface area contributed by atoms with Crippen LogP contribution in [0, 0.1) is 0 Å². The number of aliphatic carboxylic acids is 1. The van der Waals surface area contributed by atoms with Crippen LogP contribution in [0.25, 0.3) is 0 Å². The summed E-state index contributed by atoms with van der Waals surface area (Å²) in [6, 6.07) is 7.31. The lowest BCUT2D eigenvalue weighted by Crippen LogP contribution is -2.02. The first kappa shape index (κ1) is 12.1. The second-order valence-corrected chi connectivity index (χ2v) is 3.21. The molecular weight excluding hydrogens is 206 g/mol. The molecule has 0 radical (unpaired) electrons. The maximum absolute atomic E-state index is 10.5. The Morgan fingerprint density at radius 1 is 1.44 bits per heavy atom. The minimum absolute atomic E-state index is 0.637. The molecule has 2 N–H and O–H groups in total. The maximum Gasteiger partial charge on any atom is 0.330 e. The molecule has 16 heavy (non-hydrogen) atoms. The third kappa shape index (κ3) is 3.65. The summed E-state index contributed by atoms with van der Waals surface area (Å²) in [4.78, 5) is 10.5. The number of hydrogen-bond donors (Lipinski definition) is 2. The van der Waals surface area contributed by atoms with Crippen molar-refractivity contribution in [2.45, 2.75) is 13.3 Å². The first-order valence-electron chi connectivity index (χ1n) is 5.00. The molecule has 4 heteroatoms. The van der Waals surface area contributed by atoms with E-state index in [4.69, 9.17) is 9.84 Å². The summed E-state index contributed by atoms with van der Waals surface area (Å²) in [5, 5.41) is 11.7. The lowest BCUT2D eigenvalue weighted by Gasteiger charge is -2.08. The molecule has 0 saturated carbocycles. The van der Waals surface area contributed by atoms with Crippen LogP contribution in [0.3, 0.4) is 0 Å². The third-order valence-electron chi connectivity index (χ3n) is 2.07. The highest BCUT2D eigenvalue weighted by Gasteiger charge is 1.99. The first-order valence-corrected chi connectivity index (χ1v) is 5.00. The number of allylic oxidation sites excluding steroid dienone is 1. The first-order chi connectivity index (χ1) is 7.65. The molecular formula is C12H15NO3. The Kier molecular flexibility index (Phi) is 4.39. The number of anilines is 1. The summed E-state index contributed by atoms with van der Waals surface area (Å²) in [6.45, 7) is 1.89. The van der Waals surface area contributed by atoms with Crippen molar-refractivity contribution in [1.82, 2.24) is 0 Å². The zero-order valence-corrected chi connectivity index (χ0v) is 9.36. The molecule has 0 spiro atoms. The number of carbonyl (C=O) groups is 1. The molecule has 0 fully saturated rings. The lowest BCUT2D eigenvalue weighted by atomic mass is 10.2. The van der Waals surface area contributed by atoms with Gasteiger partial charge in [0.25, 0.3) is 0 Å². The standard InChI is InChI=1S/C12H15NO3/c1-3-9(8-12(14)15)13-10-4-6-11(16-2)7-5-10/h4-8,13H,3H2,1-2H3,(H,14,15)/b9-8+. The molecule has 0 amide bonds. The quantitative estimate of drug-likeness (QED) is 0.750. The summed E-state index contributed by atoms with van der Waals surface area (Å²) < 4.78 is 5.03. The molecule has 1 rings (SSSR count). The highest BCUT2D eigenvalue weighted by atomic mass is 16.5. The van der Waals surface area contributed by atoms with Gasteiger partial charge in [0.2, 0.25) is 0 Å². The molecule has 0 aliphatic carbocycles. The van der Waals surface area contributed by atoms with E-state index in [-0.39, 0.29) is 0 Å². The Bertz CT molecular complexity index is 382. The number of ether oxygens (including phenoxy) is 1. The summed E-state index contributed by atoms with van der Waals surface area (Å²) >= 11 is 0. The van der Waals surface area contributed by atoms with E-state index in [1.807, 2.05) is 31.2 Å². The second kappa shape index (κ2) is 5.80. The van der Waals surface area contributed by atoms with Gasteiger partial charge in [-0.3, -0.25) is 0 Å². The molecule has 0 aliphatic heterocycles. The van der Waals surface area contributed by atoms with Crippen molar-refractivity contribution in [3.63, 3.8) is 0 Å². The fourth-order valence-electron chi connectivity index (χ4n) is 1.24. The number of rotatable bonds is 5. The smallest absolute Gasteiger partial charge is 0.330 e. The van der Waals surface area contributed by atoms with Gasteiger partial charge in [0.15, 0.2) is 0 Å². The van der Waals surface area contributed by atoms with E-state index < -0.39 is 5.97 Å². The van der Waals surface area contributed by atoms with Crippen LogP contribution in [0.2, 0.25) is 0 Å². The minimum Gasteiger partial charge on any atom is -0.497 e. The monoisotopic (exact) mass is 221 g/mol. The lowest BCUT2D eigenvalue weighted by molar-refractivity contribution is -0.131. The van der Waals surface area contributed by atoms with Gasteiger partial charge in [0.1, 0.15) is 5.75 Å². The average molecular weight is 221 g/mol. The SMILES string of the molecule is CC/C(=C\C(=O)O)Nc1ccc(OC)cc1. The predicted molar refractivity (Wildman–Crippen MR) is 62.6 cm³/mol.